The number of nitrogens with one attached hydrogen (secondary N) is 2. The molecule has 0 spiro atoms. The monoisotopic (exact) mass is 404 g/mol. The first-order chi connectivity index (χ1) is 14.4. The van der Waals surface area contributed by atoms with Crippen molar-refractivity contribution in [3.8, 4) is 5.75 Å². The van der Waals surface area contributed by atoms with Crippen LogP contribution in [0.2, 0.25) is 0 Å². The van der Waals surface area contributed by atoms with Crippen LogP contribution in [0.1, 0.15) is 41.0 Å². The topological polar surface area (TPSA) is 100 Å². The number of ketones is 1. The zero-order chi connectivity index (χ0) is 21.0. The van der Waals surface area contributed by atoms with Crippen molar-refractivity contribution in [3.05, 3.63) is 58.8 Å². The standard InChI is InChI=1S/C23H24N4O3/c1-23(2)17-12-14(30-10-9-27-8-7-25-22(27)29)4-6-15(17)20(28)19-16-5-3-13(24)11-18(16)26-21(19)23/h3-6,11-12,26H,7-10,24H2,1-2H3,(H,25,29). The van der Waals surface area contributed by atoms with E-state index in [0.29, 0.717) is 43.2 Å². The van der Waals surface area contributed by atoms with Crippen LogP contribution in [0, 0.1) is 0 Å². The Morgan fingerprint density at radius 3 is 2.77 bits per heavy atom. The molecule has 154 valence electrons. The minimum Gasteiger partial charge on any atom is -0.492 e. The quantitative estimate of drug-likeness (QED) is 0.582. The number of hydrogen-bond donors (Lipinski definition) is 3. The summed E-state index contributed by atoms with van der Waals surface area (Å²) in [7, 11) is 0. The number of nitrogen functional groups attached to an aromatic ring is 1. The van der Waals surface area contributed by atoms with E-state index in [1.165, 1.54) is 0 Å². The molecule has 1 aromatic heterocycles. The van der Waals surface area contributed by atoms with Crippen molar-refractivity contribution in [2.75, 3.05) is 32.0 Å². The number of aromatic amines is 1. The van der Waals surface area contributed by atoms with Gasteiger partial charge in [0.15, 0.2) is 5.78 Å². The van der Waals surface area contributed by atoms with Crippen molar-refractivity contribution in [1.29, 1.82) is 0 Å². The molecule has 3 aromatic rings. The molecule has 1 aliphatic heterocycles. The van der Waals surface area contributed by atoms with Gasteiger partial charge in [0, 0.05) is 46.4 Å². The zero-order valence-corrected chi connectivity index (χ0v) is 17.0. The van der Waals surface area contributed by atoms with Gasteiger partial charge in [0.1, 0.15) is 12.4 Å². The number of urea groups is 1. The minimum absolute atomic E-state index is 0.00985. The van der Waals surface area contributed by atoms with Gasteiger partial charge >= 0.3 is 6.03 Å². The van der Waals surface area contributed by atoms with Crippen LogP contribution in [0.15, 0.2) is 36.4 Å². The molecular formula is C23H24N4O3. The maximum atomic E-state index is 13.3. The highest BCUT2D eigenvalue weighted by atomic mass is 16.5. The Bertz CT molecular complexity index is 1190. The van der Waals surface area contributed by atoms with E-state index in [0.717, 1.165) is 27.7 Å². The van der Waals surface area contributed by atoms with Gasteiger partial charge in [0.2, 0.25) is 0 Å². The van der Waals surface area contributed by atoms with Gasteiger partial charge in [-0.15, -0.1) is 0 Å². The highest BCUT2D eigenvalue weighted by molar-refractivity contribution is 6.20. The van der Waals surface area contributed by atoms with Crippen molar-refractivity contribution in [2.45, 2.75) is 19.3 Å². The molecule has 0 unspecified atom stereocenters. The fourth-order valence-electron chi connectivity index (χ4n) is 4.52. The number of rotatable bonds is 4. The van der Waals surface area contributed by atoms with E-state index in [1.807, 2.05) is 36.4 Å². The molecule has 0 bridgehead atoms. The summed E-state index contributed by atoms with van der Waals surface area (Å²) in [4.78, 5) is 30.2. The largest absolute Gasteiger partial charge is 0.492 e. The predicted molar refractivity (Wildman–Crippen MR) is 115 cm³/mol. The SMILES string of the molecule is CC1(C)c2cc(OCCN3CCNC3=O)ccc2C(=O)c2c1[nH]c1cc(N)ccc21. The summed E-state index contributed by atoms with van der Waals surface area (Å²) in [6.45, 7) is 6.51. The van der Waals surface area contributed by atoms with Crippen LogP contribution in [-0.2, 0) is 5.41 Å². The second kappa shape index (κ2) is 6.52. The number of aromatic nitrogens is 1. The zero-order valence-electron chi connectivity index (χ0n) is 17.0. The van der Waals surface area contributed by atoms with Gasteiger partial charge in [0.05, 0.1) is 12.1 Å². The van der Waals surface area contributed by atoms with Crippen molar-refractivity contribution < 1.29 is 14.3 Å². The van der Waals surface area contributed by atoms with Gasteiger partial charge in [0.25, 0.3) is 0 Å². The summed E-state index contributed by atoms with van der Waals surface area (Å²) in [6, 6.07) is 11.2. The maximum absolute atomic E-state index is 13.3. The molecule has 0 atom stereocenters. The molecule has 0 saturated carbocycles. The molecule has 1 saturated heterocycles. The second-order valence-electron chi connectivity index (χ2n) is 8.41. The van der Waals surface area contributed by atoms with Crippen molar-refractivity contribution in [3.63, 3.8) is 0 Å². The number of carbonyl (C=O) groups is 2. The highest BCUT2D eigenvalue weighted by Crippen LogP contribution is 2.44. The fraction of sp³-hybridized carbons (Fsp3) is 0.304. The summed E-state index contributed by atoms with van der Waals surface area (Å²) < 4.78 is 5.91. The van der Waals surface area contributed by atoms with Gasteiger partial charge in [-0.1, -0.05) is 19.9 Å². The lowest BCUT2D eigenvalue weighted by Crippen LogP contribution is -2.32. The van der Waals surface area contributed by atoms with E-state index in [-0.39, 0.29) is 11.8 Å². The first-order valence-electron chi connectivity index (χ1n) is 10.1. The van der Waals surface area contributed by atoms with Gasteiger partial charge < -0.3 is 25.7 Å². The smallest absolute Gasteiger partial charge is 0.317 e. The predicted octanol–water partition coefficient (Wildman–Crippen LogP) is 3.02. The number of H-pyrrole nitrogens is 1. The summed E-state index contributed by atoms with van der Waals surface area (Å²) in [5, 5.41) is 3.68. The lowest BCUT2D eigenvalue weighted by molar-refractivity contribution is 0.103. The Hall–Kier alpha value is -3.48. The van der Waals surface area contributed by atoms with E-state index in [4.69, 9.17) is 10.5 Å². The molecule has 2 aliphatic rings. The Balaban J connectivity index is 1.47. The average molecular weight is 404 g/mol. The minimum atomic E-state index is -0.402. The number of ether oxygens (including phenoxy) is 1. The Morgan fingerprint density at radius 2 is 2.00 bits per heavy atom. The summed E-state index contributed by atoms with van der Waals surface area (Å²) >= 11 is 0. The van der Waals surface area contributed by atoms with E-state index in [2.05, 4.69) is 24.1 Å². The third-order valence-electron chi connectivity index (χ3n) is 6.16. The number of benzene rings is 2. The summed E-state index contributed by atoms with van der Waals surface area (Å²) in [6.07, 6.45) is 0. The Morgan fingerprint density at radius 1 is 1.17 bits per heavy atom. The number of nitrogens with two attached hydrogens (primary N) is 1. The molecule has 1 aliphatic carbocycles. The summed E-state index contributed by atoms with van der Waals surface area (Å²) in [5.41, 5.74) is 10.3. The molecule has 4 N–H and O–H groups in total. The molecule has 2 amide bonds. The molecular weight excluding hydrogens is 380 g/mol. The Labute approximate surface area is 174 Å². The van der Waals surface area contributed by atoms with Crippen molar-refractivity contribution >= 4 is 28.4 Å². The van der Waals surface area contributed by atoms with Crippen molar-refractivity contribution in [2.24, 2.45) is 0 Å². The fourth-order valence-corrected chi connectivity index (χ4v) is 4.52. The molecule has 2 heterocycles. The van der Waals surface area contributed by atoms with Crippen LogP contribution in [0.5, 0.6) is 5.75 Å². The average Bonchev–Trinajstić information content (AvgIpc) is 3.30. The number of carbonyl (C=O) groups excluding carboxylic acids is 2. The van der Waals surface area contributed by atoms with E-state index in [1.54, 1.807) is 4.90 Å². The first-order valence-corrected chi connectivity index (χ1v) is 10.1. The molecule has 7 heteroatoms. The number of nitrogens with zero attached hydrogens (tertiary/aromatic N) is 1. The molecule has 0 radical (unpaired) electrons. The van der Waals surface area contributed by atoms with Crippen LogP contribution in [0.3, 0.4) is 0 Å². The third kappa shape index (κ3) is 2.73. The summed E-state index contributed by atoms with van der Waals surface area (Å²) in [5.74, 6) is 0.702. The van der Waals surface area contributed by atoms with Gasteiger partial charge in [-0.3, -0.25) is 4.79 Å². The maximum Gasteiger partial charge on any atom is 0.317 e. The lowest BCUT2D eigenvalue weighted by atomic mass is 9.71. The highest BCUT2D eigenvalue weighted by Gasteiger charge is 2.39. The second-order valence-corrected chi connectivity index (χ2v) is 8.41. The molecule has 30 heavy (non-hydrogen) atoms. The molecule has 7 nitrogen and oxygen atoms in total. The molecule has 2 aromatic carbocycles. The van der Waals surface area contributed by atoms with Gasteiger partial charge in [-0.25, -0.2) is 4.79 Å². The number of fused-ring (bicyclic) bond motifs is 4. The number of hydrogen-bond acceptors (Lipinski definition) is 4. The molecule has 5 rings (SSSR count). The van der Waals surface area contributed by atoms with E-state index in [9.17, 15) is 9.59 Å². The van der Waals surface area contributed by atoms with Crippen LogP contribution in [0.25, 0.3) is 10.9 Å². The van der Waals surface area contributed by atoms with E-state index < -0.39 is 5.41 Å². The first kappa shape index (κ1) is 18.5. The third-order valence-corrected chi connectivity index (χ3v) is 6.16. The van der Waals surface area contributed by atoms with Crippen LogP contribution < -0.4 is 15.8 Å². The van der Waals surface area contributed by atoms with E-state index >= 15 is 0 Å². The van der Waals surface area contributed by atoms with Crippen LogP contribution in [-0.4, -0.2) is 47.9 Å². The normalized spacial score (nSPS) is 17.1. The van der Waals surface area contributed by atoms with Crippen molar-refractivity contribution in [1.82, 2.24) is 15.2 Å². The number of anilines is 1. The molecule has 1 fully saturated rings. The van der Waals surface area contributed by atoms with Gasteiger partial charge in [-0.05, 0) is 35.9 Å². The Kier molecular flexibility index (Phi) is 4.03. The van der Waals surface area contributed by atoms with Gasteiger partial charge in [-0.2, -0.15) is 0 Å². The number of amides is 2. The van der Waals surface area contributed by atoms with Crippen LogP contribution in [0.4, 0.5) is 10.5 Å². The lowest BCUT2D eigenvalue weighted by Gasteiger charge is -2.32. The van der Waals surface area contributed by atoms with Crippen LogP contribution >= 0.6 is 0 Å².